The van der Waals surface area contributed by atoms with Gasteiger partial charge < -0.3 is 11.1 Å². The molecule has 3 N–H and O–H groups in total. The Bertz CT molecular complexity index is 89.3. The van der Waals surface area contributed by atoms with Crippen LogP contribution in [-0.4, -0.2) is 19.6 Å². The minimum absolute atomic E-state index is 0.280. The van der Waals surface area contributed by atoms with Crippen LogP contribution >= 0.6 is 0 Å². The molecule has 2 heteroatoms. The first-order valence-electron chi connectivity index (χ1n) is 3.89. The lowest BCUT2D eigenvalue weighted by molar-refractivity contribution is 0.306. The molecule has 0 spiro atoms. The highest BCUT2D eigenvalue weighted by molar-refractivity contribution is 4.74. The summed E-state index contributed by atoms with van der Waals surface area (Å²) < 4.78 is 0. The molecule has 0 aromatic carbocycles. The second kappa shape index (κ2) is 3.94. The van der Waals surface area contributed by atoms with Gasteiger partial charge in [0.25, 0.3) is 0 Å². The van der Waals surface area contributed by atoms with Crippen LogP contribution in [-0.2, 0) is 0 Å². The molecule has 0 aromatic rings. The molecule has 10 heavy (non-hydrogen) atoms. The first-order valence-corrected chi connectivity index (χ1v) is 3.89. The zero-order valence-corrected chi connectivity index (χ0v) is 7.57. The number of nitrogens with two attached hydrogens (primary N) is 1. The zero-order valence-electron chi connectivity index (χ0n) is 7.57. The van der Waals surface area contributed by atoms with Gasteiger partial charge in [0.1, 0.15) is 0 Å². The van der Waals surface area contributed by atoms with E-state index in [9.17, 15) is 0 Å². The number of hydrogen-bond donors (Lipinski definition) is 2. The van der Waals surface area contributed by atoms with Gasteiger partial charge in [-0.15, -0.1) is 0 Å². The van der Waals surface area contributed by atoms with Gasteiger partial charge in [0, 0.05) is 6.04 Å². The van der Waals surface area contributed by atoms with Gasteiger partial charge in [-0.25, -0.2) is 0 Å². The molecule has 0 radical (unpaired) electrons. The molecule has 0 fully saturated rings. The standard InChI is InChI=1S/C8H20N2/c1-7(10-4)5-8(2,3)6-9/h7,10H,5-6,9H2,1-4H3. The topological polar surface area (TPSA) is 38.0 Å². The zero-order chi connectivity index (χ0) is 8.20. The van der Waals surface area contributed by atoms with Gasteiger partial charge >= 0.3 is 0 Å². The number of nitrogens with one attached hydrogen (secondary N) is 1. The third kappa shape index (κ3) is 3.85. The fourth-order valence-electron chi connectivity index (χ4n) is 1.01. The summed E-state index contributed by atoms with van der Waals surface area (Å²) >= 11 is 0. The van der Waals surface area contributed by atoms with E-state index in [2.05, 4.69) is 26.1 Å². The maximum Gasteiger partial charge on any atom is 0.00412 e. The highest BCUT2D eigenvalue weighted by Crippen LogP contribution is 2.19. The molecule has 0 rings (SSSR count). The fraction of sp³-hybridized carbons (Fsp3) is 1.00. The predicted molar refractivity (Wildman–Crippen MR) is 46.0 cm³/mol. The van der Waals surface area contributed by atoms with Gasteiger partial charge in [0.2, 0.25) is 0 Å². The summed E-state index contributed by atoms with van der Waals surface area (Å²) in [5.41, 5.74) is 5.86. The molecule has 1 unspecified atom stereocenters. The molecule has 62 valence electrons. The highest BCUT2D eigenvalue weighted by Gasteiger charge is 2.17. The lowest BCUT2D eigenvalue weighted by atomic mass is 9.86. The van der Waals surface area contributed by atoms with Crippen molar-refractivity contribution in [2.24, 2.45) is 11.1 Å². The van der Waals surface area contributed by atoms with E-state index < -0.39 is 0 Å². The van der Waals surface area contributed by atoms with Crippen LogP contribution in [0.2, 0.25) is 0 Å². The van der Waals surface area contributed by atoms with Gasteiger partial charge in [-0.2, -0.15) is 0 Å². The first-order chi connectivity index (χ1) is 4.52. The van der Waals surface area contributed by atoms with Crippen LogP contribution in [0.15, 0.2) is 0 Å². The third-order valence-electron chi connectivity index (χ3n) is 1.90. The normalized spacial score (nSPS) is 15.3. The largest absolute Gasteiger partial charge is 0.330 e. The Kier molecular flexibility index (Phi) is 3.91. The van der Waals surface area contributed by atoms with E-state index in [1.54, 1.807) is 0 Å². The van der Waals surface area contributed by atoms with Crippen molar-refractivity contribution < 1.29 is 0 Å². The van der Waals surface area contributed by atoms with E-state index in [4.69, 9.17) is 5.73 Å². The van der Waals surface area contributed by atoms with E-state index in [0.29, 0.717) is 6.04 Å². The lowest BCUT2D eigenvalue weighted by Gasteiger charge is -2.25. The summed E-state index contributed by atoms with van der Waals surface area (Å²) in [4.78, 5) is 0. The van der Waals surface area contributed by atoms with Gasteiger partial charge in [0.15, 0.2) is 0 Å². The van der Waals surface area contributed by atoms with Crippen molar-refractivity contribution in [3.8, 4) is 0 Å². The molecular formula is C8H20N2. The van der Waals surface area contributed by atoms with Gasteiger partial charge in [-0.1, -0.05) is 13.8 Å². The summed E-state index contributed by atoms with van der Waals surface area (Å²) in [5, 5.41) is 3.20. The Morgan fingerprint density at radius 1 is 1.50 bits per heavy atom. The van der Waals surface area contributed by atoms with E-state index in [1.165, 1.54) is 0 Å². The smallest absolute Gasteiger partial charge is 0.00412 e. The Morgan fingerprint density at radius 2 is 2.00 bits per heavy atom. The van der Waals surface area contributed by atoms with Crippen molar-refractivity contribution in [3.05, 3.63) is 0 Å². The van der Waals surface area contributed by atoms with Crippen LogP contribution in [0.5, 0.6) is 0 Å². The van der Waals surface area contributed by atoms with Crippen LogP contribution in [0.1, 0.15) is 27.2 Å². The van der Waals surface area contributed by atoms with E-state index >= 15 is 0 Å². The fourth-order valence-corrected chi connectivity index (χ4v) is 1.01. The Balaban J connectivity index is 3.64. The molecule has 1 atom stereocenters. The molecule has 2 nitrogen and oxygen atoms in total. The third-order valence-corrected chi connectivity index (χ3v) is 1.90. The molecular weight excluding hydrogens is 124 g/mol. The van der Waals surface area contributed by atoms with Gasteiger partial charge in [-0.3, -0.25) is 0 Å². The van der Waals surface area contributed by atoms with Crippen LogP contribution in [0, 0.1) is 5.41 Å². The van der Waals surface area contributed by atoms with Crippen molar-refractivity contribution in [1.82, 2.24) is 5.32 Å². The van der Waals surface area contributed by atoms with Crippen molar-refractivity contribution in [1.29, 1.82) is 0 Å². The minimum atomic E-state index is 0.280. The van der Waals surface area contributed by atoms with Crippen molar-refractivity contribution in [2.75, 3.05) is 13.6 Å². The Morgan fingerprint density at radius 3 is 2.30 bits per heavy atom. The van der Waals surface area contributed by atoms with E-state index in [0.717, 1.165) is 13.0 Å². The molecule has 0 saturated carbocycles. The second-order valence-electron chi connectivity index (χ2n) is 3.76. The van der Waals surface area contributed by atoms with Crippen molar-refractivity contribution in [3.63, 3.8) is 0 Å². The maximum atomic E-state index is 5.58. The van der Waals surface area contributed by atoms with Crippen LogP contribution < -0.4 is 11.1 Å². The van der Waals surface area contributed by atoms with Crippen LogP contribution in [0.4, 0.5) is 0 Å². The highest BCUT2D eigenvalue weighted by atomic mass is 14.9. The average molecular weight is 144 g/mol. The van der Waals surface area contributed by atoms with Gasteiger partial charge in [0.05, 0.1) is 0 Å². The predicted octanol–water partition coefficient (Wildman–Crippen LogP) is 0.969. The van der Waals surface area contributed by atoms with Crippen LogP contribution in [0.25, 0.3) is 0 Å². The van der Waals surface area contributed by atoms with Crippen LogP contribution in [0.3, 0.4) is 0 Å². The average Bonchev–Trinajstić information content (AvgIpc) is 1.87. The van der Waals surface area contributed by atoms with Crippen molar-refractivity contribution in [2.45, 2.75) is 33.2 Å². The SMILES string of the molecule is CNC(C)CC(C)(C)CN. The monoisotopic (exact) mass is 144 g/mol. The number of rotatable bonds is 4. The molecule has 0 aliphatic rings. The summed E-state index contributed by atoms with van der Waals surface area (Å²) in [6.07, 6.45) is 1.14. The Hall–Kier alpha value is -0.0800. The van der Waals surface area contributed by atoms with E-state index in [1.807, 2.05) is 7.05 Å². The molecule has 0 saturated heterocycles. The molecule has 0 aliphatic heterocycles. The first kappa shape index (κ1) is 9.92. The van der Waals surface area contributed by atoms with E-state index in [-0.39, 0.29) is 5.41 Å². The van der Waals surface area contributed by atoms with Crippen molar-refractivity contribution >= 4 is 0 Å². The Labute approximate surface area is 64.2 Å². The maximum absolute atomic E-state index is 5.58. The summed E-state index contributed by atoms with van der Waals surface area (Å²) in [7, 11) is 1.98. The molecule has 0 heterocycles. The molecule has 0 aliphatic carbocycles. The second-order valence-corrected chi connectivity index (χ2v) is 3.76. The number of hydrogen-bond acceptors (Lipinski definition) is 2. The minimum Gasteiger partial charge on any atom is -0.330 e. The molecule has 0 aromatic heterocycles. The molecule has 0 amide bonds. The summed E-state index contributed by atoms with van der Waals surface area (Å²) in [6.45, 7) is 7.33. The molecule has 0 bridgehead atoms. The quantitative estimate of drug-likeness (QED) is 0.617. The summed E-state index contributed by atoms with van der Waals surface area (Å²) in [6, 6.07) is 0.568. The van der Waals surface area contributed by atoms with Gasteiger partial charge in [-0.05, 0) is 32.4 Å². The summed E-state index contributed by atoms with van der Waals surface area (Å²) in [5.74, 6) is 0. The lowest BCUT2D eigenvalue weighted by Crippen LogP contribution is -2.32.